The summed E-state index contributed by atoms with van der Waals surface area (Å²) in [5.41, 5.74) is 1.57. The van der Waals surface area contributed by atoms with Gasteiger partial charge in [0.25, 0.3) is 0 Å². The summed E-state index contributed by atoms with van der Waals surface area (Å²) >= 11 is 1.48. The standard InChI is InChI=1S/C22H28N2O4S/c1-7-28-20(26)16-14-11-21(2,3)24-22(4,5)18(14)29-19(16)23-12-13-9-8-10-15(27-6)17(13)25/h8-10,12,24-25H,7,11H2,1-6H3/b23-12+. The molecule has 3 rings (SSSR count). The van der Waals surface area contributed by atoms with Gasteiger partial charge in [0.05, 0.1) is 19.3 Å². The van der Waals surface area contributed by atoms with E-state index in [-0.39, 0.29) is 22.8 Å². The number of thiophene rings is 1. The van der Waals surface area contributed by atoms with E-state index in [4.69, 9.17) is 9.47 Å². The van der Waals surface area contributed by atoms with Crippen LogP contribution in [0.15, 0.2) is 23.2 Å². The minimum atomic E-state index is -0.361. The Morgan fingerprint density at radius 3 is 2.72 bits per heavy atom. The molecule has 2 aromatic rings. The van der Waals surface area contributed by atoms with Crippen molar-refractivity contribution in [3.63, 3.8) is 0 Å². The molecule has 6 nitrogen and oxygen atoms in total. The number of esters is 1. The molecule has 0 atom stereocenters. The van der Waals surface area contributed by atoms with E-state index in [2.05, 4.69) is 38.0 Å². The number of phenolic OH excluding ortho intramolecular Hbond substituents is 1. The van der Waals surface area contributed by atoms with Gasteiger partial charge in [-0.3, -0.25) is 0 Å². The predicted molar refractivity (Wildman–Crippen MR) is 116 cm³/mol. The highest BCUT2D eigenvalue weighted by atomic mass is 32.1. The summed E-state index contributed by atoms with van der Waals surface area (Å²) in [6.45, 7) is 10.6. The van der Waals surface area contributed by atoms with Gasteiger partial charge in [0.2, 0.25) is 0 Å². The lowest BCUT2D eigenvalue weighted by Gasteiger charge is -2.42. The summed E-state index contributed by atoms with van der Waals surface area (Å²) in [6.07, 6.45) is 2.26. The Kier molecular flexibility index (Phi) is 5.74. The van der Waals surface area contributed by atoms with E-state index in [1.807, 2.05) is 0 Å². The number of hydrogen-bond donors (Lipinski definition) is 2. The van der Waals surface area contributed by atoms with Gasteiger partial charge in [0.15, 0.2) is 11.5 Å². The Labute approximate surface area is 175 Å². The van der Waals surface area contributed by atoms with Gasteiger partial charge in [-0.05, 0) is 58.7 Å². The second-order valence-electron chi connectivity index (χ2n) is 8.28. The zero-order valence-electron chi connectivity index (χ0n) is 17.8. The fourth-order valence-corrected chi connectivity index (χ4v) is 5.17. The Bertz CT molecular complexity index is 960. The first-order valence-corrected chi connectivity index (χ1v) is 10.4. The molecule has 1 aliphatic heterocycles. The number of hydrogen-bond acceptors (Lipinski definition) is 7. The van der Waals surface area contributed by atoms with Crippen LogP contribution in [-0.2, 0) is 16.7 Å². The van der Waals surface area contributed by atoms with Gasteiger partial charge >= 0.3 is 5.97 Å². The van der Waals surface area contributed by atoms with Crippen molar-refractivity contribution in [3.05, 3.63) is 39.8 Å². The second kappa shape index (κ2) is 7.80. The first-order valence-electron chi connectivity index (χ1n) is 9.62. The number of aromatic hydroxyl groups is 1. The van der Waals surface area contributed by atoms with Crippen LogP contribution in [0, 0.1) is 0 Å². The van der Waals surface area contributed by atoms with Crippen molar-refractivity contribution >= 4 is 28.5 Å². The second-order valence-corrected chi connectivity index (χ2v) is 9.28. The highest BCUT2D eigenvalue weighted by molar-refractivity contribution is 7.16. The van der Waals surface area contributed by atoms with E-state index >= 15 is 0 Å². The van der Waals surface area contributed by atoms with Crippen LogP contribution in [0.3, 0.4) is 0 Å². The number of carbonyl (C=O) groups is 1. The van der Waals surface area contributed by atoms with Crippen LogP contribution in [0.5, 0.6) is 11.5 Å². The highest BCUT2D eigenvalue weighted by Crippen LogP contribution is 2.46. The number of methoxy groups -OCH3 is 1. The largest absolute Gasteiger partial charge is 0.504 e. The summed E-state index contributed by atoms with van der Waals surface area (Å²) in [7, 11) is 1.50. The van der Waals surface area contributed by atoms with Gasteiger partial charge in [0, 0.05) is 27.7 Å². The molecular weight excluding hydrogens is 388 g/mol. The summed E-state index contributed by atoms with van der Waals surface area (Å²) in [4.78, 5) is 18.5. The third-order valence-corrected chi connectivity index (χ3v) is 6.34. The van der Waals surface area contributed by atoms with Crippen LogP contribution in [0.1, 0.15) is 61.0 Å². The number of aliphatic imine (C=N–C) groups is 1. The maximum atomic E-state index is 12.8. The van der Waals surface area contributed by atoms with Crippen molar-refractivity contribution in [2.75, 3.05) is 13.7 Å². The number of nitrogens with zero attached hydrogens (tertiary/aromatic N) is 1. The van der Waals surface area contributed by atoms with Crippen LogP contribution < -0.4 is 10.1 Å². The number of para-hydroxylation sites is 1. The zero-order chi connectivity index (χ0) is 21.4. The van der Waals surface area contributed by atoms with Gasteiger partial charge in [0.1, 0.15) is 5.00 Å². The van der Waals surface area contributed by atoms with E-state index in [1.165, 1.54) is 18.4 Å². The molecule has 156 valence electrons. The average molecular weight is 417 g/mol. The Morgan fingerprint density at radius 1 is 1.34 bits per heavy atom. The molecule has 1 aromatic carbocycles. The molecule has 0 spiro atoms. The van der Waals surface area contributed by atoms with E-state index in [9.17, 15) is 9.90 Å². The predicted octanol–water partition coefficient (Wildman–Crippen LogP) is 4.55. The Morgan fingerprint density at radius 2 is 2.07 bits per heavy atom. The first kappa shape index (κ1) is 21.3. The van der Waals surface area contributed by atoms with Crippen LogP contribution in [0.25, 0.3) is 0 Å². The van der Waals surface area contributed by atoms with Gasteiger partial charge in [-0.1, -0.05) is 6.07 Å². The molecule has 7 heteroatoms. The van der Waals surface area contributed by atoms with Gasteiger partial charge < -0.3 is 19.9 Å². The van der Waals surface area contributed by atoms with E-state index in [0.717, 1.165) is 10.4 Å². The Balaban J connectivity index is 2.12. The molecule has 1 aromatic heterocycles. The van der Waals surface area contributed by atoms with E-state index in [0.29, 0.717) is 34.9 Å². The van der Waals surface area contributed by atoms with Crippen LogP contribution in [0.2, 0.25) is 0 Å². The number of fused-ring (bicyclic) bond motifs is 1. The molecule has 0 radical (unpaired) electrons. The molecule has 0 bridgehead atoms. The van der Waals surface area contributed by atoms with Crippen LogP contribution in [-0.4, -0.2) is 36.5 Å². The minimum Gasteiger partial charge on any atom is -0.504 e. The van der Waals surface area contributed by atoms with Crippen molar-refractivity contribution in [2.45, 2.75) is 52.1 Å². The van der Waals surface area contributed by atoms with Crippen LogP contribution >= 0.6 is 11.3 Å². The highest BCUT2D eigenvalue weighted by Gasteiger charge is 2.41. The molecule has 2 N–H and O–H groups in total. The normalized spacial score (nSPS) is 17.2. The molecule has 0 aliphatic carbocycles. The molecule has 2 heterocycles. The third kappa shape index (κ3) is 4.16. The van der Waals surface area contributed by atoms with Gasteiger partial charge in [-0.15, -0.1) is 11.3 Å². The molecule has 29 heavy (non-hydrogen) atoms. The molecule has 1 aliphatic rings. The lowest BCUT2D eigenvalue weighted by molar-refractivity contribution is 0.0525. The average Bonchev–Trinajstić information content (AvgIpc) is 2.98. The monoisotopic (exact) mass is 416 g/mol. The first-order chi connectivity index (χ1) is 13.6. The maximum Gasteiger partial charge on any atom is 0.341 e. The minimum absolute atomic E-state index is 0.0147. The molecule has 0 saturated carbocycles. The lowest BCUT2D eigenvalue weighted by atomic mass is 9.81. The number of ether oxygens (including phenoxy) is 2. The third-order valence-electron chi connectivity index (χ3n) is 4.88. The summed E-state index contributed by atoms with van der Waals surface area (Å²) < 4.78 is 10.5. The number of benzene rings is 1. The molecule has 0 saturated heterocycles. The maximum absolute atomic E-state index is 12.8. The number of carbonyl (C=O) groups excluding carboxylic acids is 1. The van der Waals surface area contributed by atoms with Crippen molar-refractivity contribution in [1.82, 2.24) is 5.32 Å². The summed E-state index contributed by atoms with van der Waals surface area (Å²) in [6, 6.07) is 5.20. The fourth-order valence-electron chi connectivity index (χ4n) is 3.96. The smallest absolute Gasteiger partial charge is 0.341 e. The van der Waals surface area contributed by atoms with Crippen molar-refractivity contribution in [1.29, 1.82) is 0 Å². The quantitative estimate of drug-likeness (QED) is 0.552. The Hall–Kier alpha value is -2.38. The molecule has 0 amide bonds. The summed E-state index contributed by atoms with van der Waals surface area (Å²) in [5.74, 6) is 0.0264. The van der Waals surface area contributed by atoms with E-state index in [1.54, 1.807) is 31.3 Å². The van der Waals surface area contributed by atoms with Gasteiger partial charge in [-0.2, -0.15) is 0 Å². The van der Waals surface area contributed by atoms with E-state index < -0.39 is 0 Å². The van der Waals surface area contributed by atoms with Crippen molar-refractivity contribution in [2.24, 2.45) is 4.99 Å². The number of rotatable bonds is 5. The zero-order valence-corrected chi connectivity index (χ0v) is 18.6. The lowest BCUT2D eigenvalue weighted by Crippen LogP contribution is -2.55. The van der Waals surface area contributed by atoms with Crippen LogP contribution in [0.4, 0.5) is 5.00 Å². The fraction of sp³-hybridized carbons (Fsp3) is 0.455. The van der Waals surface area contributed by atoms with Crippen molar-refractivity contribution < 1.29 is 19.4 Å². The topological polar surface area (TPSA) is 80.2 Å². The number of nitrogens with one attached hydrogen (secondary N) is 1. The van der Waals surface area contributed by atoms with Crippen molar-refractivity contribution in [3.8, 4) is 11.5 Å². The molecule has 0 fully saturated rings. The summed E-state index contributed by atoms with van der Waals surface area (Å²) in [5, 5.41) is 14.6. The molecular formula is C22H28N2O4S. The molecule has 0 unspecified atom stereocenters. The SMILES string of the molecule is CCOC(=O)c1c(/N=C/c2cccc(OC)c2O)sc2c1CC(C)(C)NC2(C)C. The van der Waals surface area contributed by atoms with Gasteiger partial charge in [-0.25, -0.2) is 9.79 Å². The number of phenols is 1.